The smallest absolute Gasteiger partial charge is 0.234 e. The Morgan fingerprint density at radius 1 is 0.929 bits per heavy atom. The van der Waals surface area contributed by atoms with Crippen molar-refractivity contribution in [2.75, 3.05) is 0 Å². The first kappa shape index (κ1) is 19.4. The van der Waals surface area contributed by atoms with E-state index >= 15 is 0 Å². The first-order valence-electron chi connectivity index (χ1n) is 9.73. The van der Waals surface area contributed by atoms with Crippen LogP contribution in [-0.4, -0.2) is 23.0 Å². The summed E-state index contributed by atoms with van der Waals surface area (Å²) in [5.41, 5.74) is -1.13. The molecule has 1 spiro atoms. The minimum atomic E-state index is -1.64. The van der Waals surface area contributed by atoms with Gasteiger partial charge in [0, 0.05) is 36.3 Å². The van der Waals surface area contributed by atoms with Crippen LogP contribution in [0, 0.1) is 10.8 Å². The SMILES string of the molecule is CC1(C)CC(=O)C2(OC3=C(C(=O)CC(C)(C)C3)C2c2cccc(Cl)c2)C(=O)C1. The lowest BCUT2D eigenvalue weighted by Gasteiger charge is -2.41. The van der Waals surface area contributed by atoms with Crippen LogP contribution in [-0.2, 0) is 19.1 Å². The fourth-order valence-corrected chi connectivity index (χ4v) is 5.22. The van der Waals surface area contributed by atoms with Gasteiger partial charge in [-0.2, -0.15) is 0 Å². The fraction of sp³-hybridized carbons (Fsp3) is 0.522. The molecule has 2 aliphatic carbocycles. The molecule has 1 fully saturated rings. The summed E-state index contributed by atoms with van der Waals surface area (Å²) in [6.07, 6.45) is 1.40. The Morgan fingerprint density at radius 2 is 1.54 bits per heavy atom. The maximum absolute atomic E-state index is 13.4. The highest BCUT2D eigenvalue weighted by Crippen LogP contribution is 2.57. The van der Waals surface area contributed by atoms with Gasteiger partial charge >= 0.3 is 0 Å². The molecule has 5 heteroatoms. The highest BCUT2D eigenvalue weighted by Gasteiger charge is 2.65. The van der Waals surface area contributed by atoms with Gasteiger partial charge in [0.2, 0.25) is 5.60 Å². The molecule has 148 valence electrons. The number of hydrogen-bond acceptors (Lipinski definition) is 4. The van der Waals surface area contributed by atoms with Crippen molar-refractivity contribution in [1.82, 2.24) is 0 Å². The van der Waals surface area contributed by atoms with Gasteiger partial charge in [0.15, 0.2) is 17.3 Å². The van der Waals surface area contributed by atoms with Crippen LogP contribution in [0.4, 0.5) is 0 Å². The van der Waals surface area contributed by atoms with Gasteiger partial charge in [-0.15, -0.1) is 0 Å². The quantitative estimate of drug-likeness (QED) is 0.635. The third-order valence-electron chi connectivity index (χ3n) is 6.15. The van der Waals surface area contributed by atoms with E-state index in [-0.39, 0.29) is 35.6 Å². The summed E-state index contributed by atoms with van der Waals surface area (Å²) in [5.74, 6) is -0.732. The second kappa shape index (κ2) is 6.03. The molecule has 4 rings (SSSR count). The van der Waals surface area contributed by atoms with Gasteiger partial charge in [-0.25, -0.2) is 0 Å². The van der Waals surface area contributed by atoms with E-state index in [4.69, 9.17) is 16.3 Å². The van der Waals surface area contributed by atoms with Gasteiger partial charge in [-0.1, -0.05) is 51.4 Å². The number of benzene rings is 1. The van der Waals surface area contributed by atoms with Gasteiger partial charge in [0.05, 0.1) is 5.92 Å². The summed E-state index contributed by atoms with van der Waals surface area (Å²) in [4.78, 5) is 39.9. The number of Topliss-reactive ketones (excluding diaryl/α,β-unsaturated/α-hetero) is 3. The molecule has 0 aromatic heterocycles. The van der Waals surface area contributed by atoms with Crippen LogP contribution in [0.15, 0.2) is 35.6 Å². The van der Waals surface area contributed by atoms with Crippen LogP contribution >= 0.6 is 11.6 Å². The molecule has 1 unspecified atom stereocenters. The van der Waals surface area contributed by atoms with Crippen molar-refractivity contribution >= 4 is 29.0 Å². The Balaban J connectivity index is 1.92. The molecule has 0 amide bonds. The zero-order valence-corrected chi connectivity index (χ0v) is 17.5. The highest BCUT2D eigenvalue weighted by molar-refractivity contribution is 6.30. The summed E-state index contributed by atoms with van der Waals surface area (Å²) in [6, 6.07) is 7.08. The van der Waals surface area contributed by atoms with Crippen molar-refractivity contribution in [3.63, 3.8) is 0 Å². The van der Waals surface area contributed by atoms with Crippen molar-refractivity contribution in [3.05, 3.63) is 46.2 Å². The Morgan fingerprint density at radius 3 is 2.14 bits per heavy atom. The second-order valence-electron chi connectivity index (χ2n) is 9.97. The molecular formula is C23H25ClO4. The van der Waals surface area contributed by atoms with Crippen LogP contribution in [0.5, 0.6) is 0 Å². The maximum Gasteiger partial charge on any atom is 0.234 e. The van der Waals surface area contributed by atoms with E-state index in [9.17, 15) is 14.4 Å². The van der Waals surface area contributed by atoms with Crippen molar-refractivity contribution in [2.24, 2.45) is 10.8 Å². The molecule has 1 atom stereocenters. The average Bonchev–Trinajstić information content (AvgIpc) is 2.87. The third-order valence-corrected chi connectivity index (χ3v) is 6.38. The standard InChI is InChI=1S/C23H25ClO4/c1-21(2)9-15(25)19-16(10-21)28-23(17(26)11-22(3,4)12-18(23)27)20(19)13-6-5-7-14(24)8-13/h5-8,20H,9-12H2,1-4H3. The molecule has 4 nitrogen and oxygen atoms in total. The third kappa shape index (κ3) is 2.85. The highest BCUT2D eigenvalue weighted by atomic mass is 35.5. The number of rotatable bonds is 1. The van der Waals surface area contributed by atoms with E-state index in [1.165, 1.54) is 0 Å². The van der Waals surface area contributed by atoms with Crippen molar-refractivity contribution in [2.45, 2.75) is 64.9 Å². The minimum absolute atomic E-state index is 0.0430. The molecule has 1 saturated carbocycles. The normalized spacial score (nSPS) is 27.8. The first-order valence-corrected chi connectivity index (χ1v) is 10.1. The topological polar surface area (TPSA) is 60.4 Å². The van der Waals surface area contributed by atoms with Gasteiger partial charge in [0.1, 0.15) is 5.76 Å². The minimum Gasteiger partial charge on any atom is -0.474 e. The van der Waals surface area contributed by atoms with Crippen LogP contribution < -0.4 is 0 Å². The molecule has 0 radical (unpaired) electrons. The van der Waals surface area contributed by atoms with Crippen LogP contribution in [0.1, 0.15) is 64.9 Å². The number of halogens is 1. The summed E-state index contributed by atoms with van der Waals surface area (Å²) in [7, 11) is 0. The van der Waals surface area contributed by atoms with Gasteiger partial charge in [-0.05, 0) is 28.5 Å². The summed E-state index contributed by atoms with van der Waals surface area (Å²) >= 11 is 6.21. The molecule has 28 heavy (non-hydrogen) atoms. The molecule has 3 aliphatic rings. The fourth-order valence-electron chi connectivity index (χ4n) is 5.02. The molecule has 1 heterocycles. The monoisotopic (exact) mass is 400 g/mol. The Labute approximate surface area is 170 Å². The zero-order valence-electron chi connectivity index (χ0n) is 16.7. The predicted octanol–water partition coefficient (Wildman–Crippen LogP) is 4.79. The largest absolute Gasteiger partial charge is 0.474 e. The molecule has 1 aromatic rings. The number of allylic oxidation sites excluding steroid dienone is 1. The maximum atomic E-state index is 13.4. The van der Waals surface area contributed by atoms with Gasteiger partial charge in [-0.3, -0.25) is 14.4 Å². The van der Waals surface area contributed by atoms with E-state index in [1.54, 1.807) is 18.2 Å². The van der Waals surface area contributed by atoms with E-state index < -0.39 is 16.9 Å². The number of hydrogen-bond donors (Lipinski definition) is 0. The molecule has 0 saturated heterocycles. The molecule has 0 bridgehead atoms. The molecule has 0 N–H and O–H groups in total. The predicted molar refractivity (Wildman–Crippen MR) is 106 cm³/mol. The number of carbonyl (C=O) groups excluding carboxylic acids is 3. The van der Waals surface area contributed by atoms with Crippen molar-refractivity contribution in [3.8, 4) is 0 Å². The van der Waals surface area contributed by atoms with Crippen molar-refractivity contribution in [1.29, 1.82) is 0 Å². The Hall–Kier alpha value is -1.94. The summed E-state index contributed by atoms with van der Waals surface area (Å²) in [6.45, 7) is 7.84. The van der Waals surface area contributed by atoms with Crippen LogP contribution in [0.2, 0.25) is 5.02 Å². The van der Waals surface area contributed by atoms with E-state index in [2.05, 4.69) is 0 Å². The van der Waals surface area contributed by atoms with Gasteiger partial charge < -0.3 is 4.74 Å². The number of ketones is 3. The van der Waals surface area contributed by atoms with Crippen LogP contribution in [0.3, 0.4) is 0 Å². The Kier molecular flexibility index (Phi) is 4.17. The van der Waals surface area contributed by atoms with E-state index in [0.29, 0.717) is 34.8 Å². The lowest BCUT2D eigenvalue weighted by molar-refractivity contribution is -0.160. The lowest BCUT2D eigenvalue weighted by atomic mass is 9.61. The van der Waals surface area contributed by atoms with Crippen molar-refractivity contribution < 1.29 is 19.1 Å². The second-order valence-corrected chi connectivity index (χ2v) is 10.4. The summed E-state index contributed by atoms with van der Waals surface area (Å²) in [5, 5.41) is 0.501. The zero-order chi connectivity index (χ0) is 20.5. The lowest BCUT2D eigenvalue weighted by Crippen LogP contribution is -2.57. The summed E-state index contributed by atoms with van der Waals surface area (Å²) < 4.78 is 6.24. The molecule has 1 aliphatic heterocycles. The Bertz CT molecular complexity index is 918. The number of ether oxygens (including phenoxy) is 1. The molecular weight excluding hydrogens is 376 g/mol. The van der Waals surface area contributed by atoms with Crippen LogP contribution in [0.25, 0.3) is 0 Å². The van der Waals surface area contributed by atoms with Gasteiger partial charge in [0.25, 0.3) is 0 Å². The molecule has 1 aromatic carbocycles. The number of carbonyl (C=O) groups is 3. The first-order chi connectivity index (χ1) is 13.0. The van der Waals surface area contributed by atoms with E-state index in [1.807, 2.05) is 33.8 Å². The van der Waals surface area contributed by atoms with E-state index in [0.717, 1.165) is 0 Å². The average molecular weight is 401 g/mol.